The van der Waals surface area contributed by atoms with Gasteiger partial charge in [-0.25, -0.2) is 11.0 Å². The number of hydrogen-bond donors (Lipinski definition) is 3. The molecule has 0 aliphatic rings. The number of hydrazine groups is 1. The molecule has 0 spiro atoms. The van der Waals surface area contributed by atoms with E-state index in [2.05, 4.69) is 15.2 Å². The van der Waals surface area contributed by atoms with Gasteiger partial charge < -0.3 is 15.8 Å². The minimum absolute atomic E-state index is 0.0124. The number of hydrazone groups is 1. The zero-order valence-electron chi connectivity index (χ0n) is 12.4. The number of alkyl halides is 3. The van der Waals surface area contributed by atoms with Gasteiger partial charge in [0.15, 0.2) is 5.84 Å². The summed E-state index contributed by atoms with van der Waals surface area (Å²) in [5.41, 5.74) is 8.42. The van der Waals surface area contributed by atoms with Gasteiger partial charge in [0.2, 0.25) is 0 Å². The second-order valence-corrected chi connectivity index (χ2v) is 4.60. The van der Waals surface area contributed by atoms with E-state index < -0.39 is 12.8 Å². The van der Waals surface area contributed by atoms with Gasteiger partial charge in [0.05, 0.1) is 13.2 Å². The minimum Gasteiger partial charge on any atom is -0.388 e. The van der Waals surface area contributed by atoms with Crippen LogP contribution in [0.1, 0.15) is 11.1 Å². The van der Waals surface area contributed by atoms with Crippen LogP contribution >= 0.6 is 0 Å². The Morgan fingerprint density at radius 1 is 1.41 bits per heavy atom. The van der Waals surface area contributed by atoms with Crippen LogP contribution in [0.5, 0.6) is 0 Å². The van der Waals surface area contributed by atoms with Crippen molar-refractivity contribution in [3.05, 3.63) is 29.3 Å². The summed E-state index contributed by atoms with van der Waals surface area (Å²) in [5, 5.41) is 7.87. The molecule has 22 heavy (non-hydrogen) atoms. The maximum atomic E-state index is 11.9. The molecule has 0 unspecified atom stereocenters. The molecule has 0 aliphatic heterocycles. The molecule has 1 aromatic carbocycles. The van der Waals surface area contributed by atoms with Crippen LogP contribution in [-0.2, 0) is 4.74 Å². The molecule has 0 aromatic heterocycles. The van der Waals surface area contributed by atoms with Gasteiger partial charge in [0.1, 0.15) is 6.61 Å². The van der Waals surface area contributed by atoms with Crippen LogP contribution in [0.25, 0.3) is 0 Å². The first-order valence-electron chi connectivity index (χ1n) is 6.52. The highest BCUT2D eigenvalue weighted by atomic mass is 19.4. The molecule has 0 fully saturated rings. The van der Waals surface area contributed by atoms with Crippen LogP contribution in [0.15, 0.2) is 23.3 Å². The summed E-state index contributed by atoms with van der Waals surface area (Å²) in [6.07, 6.45) is -4.35. The zero-order valence-corrected chi connectivity index (χ0v) is 12.4. The SMILES string of the molecule is CNc1cc(/C(N)=N/N(N)CCOCC(F)(F)F)ccc1C. The molecule has 9 heteroatoms. The Morgan fingerprint density at radius 2 is 2.09 bits per heavy atom. The molecule has 0 saturated heterocycles. The molecule has 124 valence electrons. The largest absolute Gasteiger partial charge is 0.411 e. The van der Waals surface area contributed by atoms with Crippen molar-refractivity contribution < 1.29 is 17.9 Å². The van der Waals surface area contributed by atoms with E-state index in [9.17, 15) is 13.2 Å². The fourth-order valence-electron chi connectivity index (χ4n) is 1.64. The van der Waals surface area contributed by atoms with Crippen molar-refractivity contribution >= 4 is 11.5 Å². The van der Waals surface area contributed by atoms with E-state index in [0.29, 0.717) is 5.56 Å². The standard InChI is InChI=1S/C13H20F3N5O/c1-9-3-4-10(7-11(9)19-2)12(17)20-21(18)5-6-22-8-13(14,15)16/h3-4,7,19H,5-6,8,18H2,1-2H3,(H2,17,20). The predicted molar refractivity (Wildman–Crippen MR) is 79.2 cm³/mol. The topological polar surface area (TPSA) is 88.9 Å². The number of ether oxygens (including phenoxy) is 1. The highest BCUT2D eigenvalue weighted by Gasteiger charge is 2.27. The van der Waals surface area contributed by atoms with Crippen LogP contribution in [0, 0.1) is 6.92 Å². The second kappa shape index (κ2) is 7.85. The third-order valence-electron chi connectivity index (χ3n) is 2.77. The molecular formula is C13H20F3N5O. The predicted octanol–water partition coefficient (Wildman–Crippen LogP) is 1.41. The molecule has 6 nitrogen and oxygen atoms in total. The highest BCUT2D eigenvalue weighted by molar-refractivity contribution is 5.98. The smallest absolute Gasteiger partial charge is 0.388 e. The zero-order chi connectivity index (χ0) is 16.8. The summed E-state index contributed by atoms with van der Waals surface area (Å²) in [6.45, 7) is 0.406. The number of aryl methyl sites for hydroxylation is 1. The summed E-state index contributed by atoms with van der Waals surface area (Å²) in [6, 6.07) is 5.46. The lowest BCUT2D eigenvalue weighted by molar-refractivity contribution is -0.174. The summed E-state index contributed by atoms with van der Waals surface area (Å²) in [4.78, 5) is 0. The van der Waals surface area contributed by atoms with E-state index in [4.69, 9.17) is 11.6 Å². The number of benzene rings is 1. The first-order chi connectivity index (χ1) is 10.2. The summed E-state index contributed by atoms with van der Waals surface area (Å²) < 4.78 is 40.1. The number of amidine groups is 1. The Balaban J connectivity index is 2.56. The lowest BCUT2D eigenvalue weighted by atomic mass is 10.1. The maximum Gasteiger partial charge on any atom is 0.411 e. The molecule has 0 aliphatic carbocycles. The fourth-order valence-corrected chi connectivity index (χ4v) is 1.64. The van der Waals surface area contributed by atoms with Gasteiger partial charge >= 0.3 is 6.18 Å². The van der Waals surface area contributed by atoms with Crippen molar-refractivity contribution in [2.24, 2.45) is 16.7 Å². The first-order valence-corrected chi connectivity index (χ1v) is 6.52. The molecule has 5 N–H and O–H groups in total. The average Bonchev–Trinajstić information content (AvgIpc) is 2.43. The molecule has 1 rings (SSSR count). The Bertz CT molecular complexity index is 519. The lowest BCUT2D eigenvalue weighted by Crippen LogP contribution is -2.33. The van der Waals surface area contributed by atoms with Crippen molar-refractivity contribution in [3.63, 3.8) is 0 Å². The highest BCUT2D eigenvalue weighted by Crippen LogP contribution is 2.16. The van der Waals surface area contributed by atoms with Gasteiger partial charge in [0, 0.05) is 18.3 Å². The van der Waals surface area contributed by atoms with E-state index >= 15 is 0 Å². The van der Waals surface area contributed by atoms with E-state index in [0.717, 1.165) is 16.4 Å². The van der Waals surface area contributed by atoms with Gasteiger partial charge in [-0.15, -0.1) is 5.10 Å². The van der Waals surface area contributed by atoms with Gasteiger partial charge in [-0.3, -0.25) is 0 Å². The monoisotopic (exact) mass is 319 g/mol. The normalized spacial score (nSPS) is 12.4. The van der Waals surface area contributed by atoms with Crippen molar-refractivity contribution in [1.82, 2.24) is 5.12 Å². The Morgan fingerprint density at radius 3 is 2.68 bits per heavy atom. The summed E-state index contributed by atoms with van der Waals surface area (Å²) in [5.74, 6) is 5.71. The third kappa shape index (κ3) is 6.19. The Labute approximate surface area is 126 Å². The Kier molecular flexibility index (Phi) is 6.44. The number of anilines is 1. The molecule has 0 heterocycles. The molecule has 0 atom stereocenters. The number of nitrogens with two attached hydrogens (primary N) is 2. The van der Waals surface area contributed by atoms with E-state index in [1.165, 1.54) is 0 Å². The second-order valence-electron chi connectivity index (χ2n) is 4.60. The molecule has 0 radical (unpaired) electrons. The fraction of sp³-hybridized carbons (Fsp3) is 0.462. The van der Waals surface area contributed by atoms with Crippen LogP contribution in [-0.4, -0.2) is 43.9 Å². The van der Waals surface area contributed by atoms with Gasteiger partial charge in [-0.05, 0) is 18.6 Å². The van der Waals surface area contributed by atoms with E-state index in [1.807, 2.05) is 19.1 Å². The number of rotatable bonds is 7. The van der Waals surface area contributed by atoms with Gasteiger partial charge in [0.25, 0.3) is 0 Å². The molecular weight excluding hydrogens is 299 g/mol. The quantitative estimate of drug-likeness (QED) is 0.232. The van der Waals surface area contributed by atoms with Crippen LogP contribution < -0.4 is 16.9 Å². The van der Waals surface area contributed by atoms with Crippen LogP contribution in [0.2, 0.25) is 0 Å². The van der Waals surface area contributed by atoms with Crippen molar-refractivity contribution in [3.8, 4) is 0 Å². The first kappa shape index (κ1) is 18.1. The molecule has 0 amide bonds. The van der Waals surface area contributed by atoms with Crippen molar-refractivity contribution in [2.75, 3.05) is 32.1 Å². The molecule has 0 saturated carbocycles. The Hall–Kier alpha value is -2.00. The van der Waals surface area contributed by atoms with E-state index in [1.54, 1.807) is 13.1 Å². The maximum absolute atomic E-state index is 11.9. The molecule has 1 aromatic rings. The van der Waals surface area contributed by atoms with Crippen molar-refractivity contribution in [1.29, 1.82) is 0 Å². The summed E-state index contributed by atoms with van der Waals surface area (Å²) in [7, 11) is 1.78. The van der Waals surface area contributed by atoms with Crippen LogP contribution in [0.4, 0.5) is 18.9 Å². The van der Waals surface area contributed by atoms with Gasteiger partial charge in [-0.2, -0.15) is 13.2 Å². The average molecular weight is 319 g/mol. The number of halogens is 3. The number of hydrogen-bond acceptors (Lipinski definition) is 5. The summed E-state index contributed by atoms with van der Waals surface area (Å²) >= 11 is 0. The number of nitrogens with zero attached hydrogens (tertiary/aromatic N) is 2. The molecule has 0 bridgehead atoms. The minimum atomic E-state index is -4.35. The van der Waals surface area contributed by atoms with Gasteiger partial charge in [-0.1, -0.05) is 12.1 Å². The third-order valence-corrected chi connectivity index (χ3v) is 2.77. The van der Waals surface area contributed by atoms with E-state index in [-0.39, 0.29) is 19.0 Å². The van der Waals surface area contributed by atoms with Crippen LogP contribution in [0.3, 0.4) is 0 Å². The van der Waals surface area contributed by atoms with Crippen molar-refractivity contribution in [2.45, 2.75) is 13.1 Å². The lowest BCUT2D eigenvalue weighted by Gasteiger charge is -2.15. The number of nitrogens with one attached hydrogen (secondary N) is 1.